The number of nitrogens with zero attached hydrogens (tertiary/aromatic N) is 3. The van der Waals surface area contributed by atoms with Gasteiger partial charge in [0.1, 0.15) is 0 Å². The van der Waals surface area contributed by atoms with E-state index in [1.54, 1.807) is 0 Å². The Morgan fingerprint density at radius 1 is 0.714 bits per heavy atom. The monoisotopic (exact) mass is 485 g/mol. The van der Waals surface area contributed by atoms with E-state index in [1.807, 2.05) is 0 Å². The Hall–Kier alpha value is -2.82. The average molecular weight is 486 g/mol. The molecule has 0 bridgehead atoms. The molecule has 0 saturated carbocycles. The molecule has 0 aromatic heterocycles. The second-order valence-corrected chi connectivity index (χ2v) is 8.74. The van der Waals surface area contributed by atoms with E-state index in [4.69, 9.17) is 24.5 Å². The van der Waals surface area contributed by atoms with Gasteiger partial charge in [0.15, 0.2) is 0 Å². The highest BCUT2D eigenvalue weighted by molar-refractivity contribution is 6.27. The molecule has 2 fully saturated rings. The minimum atomic E-state index is -1.82. The number of aliphatic hydroxyl groups is 1. The highest BCUT2D eigenvalue weighted by atomic mass is 16.5. The fourth-order valence-electron chi connectivity index (χ4n) is 4.53. The summed E-state index contributed by atoms with van der Waals surface area (Å²) >= 11 is 0. The van der Waals surface area contributed by atoms with Crippen LogP contribution in [0.3, 0.4) is 0 Å². The predicted octanol–water partition coefficient (Wildman–Crippen LogP) is 1.24. The summed E-state index contributed by atoms with van der Waals surface area (Å²) < 4.78 is 5.40. The summed E-state index contributed by atoms with van der Waals surface area (Å²) in [6.07, 6.45) is -0.293. The second kappa shape index (κ2) is 13.9. The van der Waals surface area contributed by atoms with Gasteiger partial charge < -0.3 is 20.1 Å². The van der Waals surface area contributed by atoms with Gasteiger partial charge >= 0.3 is 11.9 Å². The van der Waals surface area contributed by atoms with E-state index in [2.05, 4.69) is 75.4 Å². The standard InChI is InChI=1S/C24H33N3O2.C2H2O4/c28-23(20-26-15-17-29-18-16-26)19-25-11-13-27(14-12-25)24(21-7-3-1-4-8-21)22-9-5-2-6-10-22;3-1(4)2(5)6/h1-10,23-24,28H,11-20H2;(H,3,4)(H,5,6). The molecular weight excluding hydrogens is 450 g/mol. The molecule has 190 valence electrons. The van der Waals surface area contributed by atoms with Gasteiger partial charge in [-0.05, 0) is 11.1 Å². The molecule has 9 nitrogen and oxygen atoms in total. The summed E-state index contributed by atoms with van der Waals surface area (Å²) in [5.74, 6) is -3.65. The Kier molecular flexibility index (Phi) is 10.6. The van der Waals surface area contributed by atoms with Crippen LogP contribution in [0.4, 0.5) is 0 Å². The van der Waals surface area contributed by atoms with Crippen LogP contribution in [0.1, 0.15) is 17.2 Å². The predicted molar refractivity (Wildman–Crippen MR) is 131 cm³/mol. The van der Waals surface area contributed by atoms with Crippen molar-refractivity contribution in [1.29, 1.82) is 0 Å². The van der Waals surface area contributed by atoms with Crippen LogP contribution in [0.2, 0.25) is 0 Å². The maximum Gasteiger partial charge on any atom is 0.414 e. The molecule has 1 atom stereocenters. The number of ether oxygens (including phenoxy) is 1. The van der Waals surface area contributed by atoms with Gasteiger partial charge in [0.2, 0.25) is 0 Å². The number of carbonyl (C=O) groups is 2. The van der Waals surface area contributed by atoms with Crippen LogP contribution in [0, 0.1) is 0 Å². The highest BCUT2D eigenvalue weighted by Crippen LogP contribution is 2.29. The van der Waals surface area contributed by atoms with Crippen molar-refractivity contribution in [1.82, 2.24) is 14.7 Å². The molecule has 0 radical (unpaired) electrons. The van der Waals surface area contributed by atoms with Crippen molar-refractivity contribution in [3.05, 3.63) is 71.8 Å². The SMILES string of the molecule is O=C(O)C(=O)O.OC(CN1CCOCC1)CN1CCN(C(c2ccccc2)c2ccccc2)CC1. The zero-order chi connectivity index (χ0) is 25.0. The third-order valence-electron chi connectivity index (χ3n) is 6.23. The number of carboxylic acid groups (broad SMARTS) is 2. The first-order chi connectivity index (χ1) is 16.9. The van der Waals surface area contributed by atoms with Gasteiger partial charge in [-0.3, -0.25) is 14.7 Å². The number of carboxylic acids is 2. The zero-order valence-corrected chi connectivity index (χ0v) is 19.9. The molecule has 0 spiro atoms. The zero-order valence-electron chi connectivity index (χ0n) is 19.9. The number of hydrogen-bond acceptors (Lipinski definition) is 7. The second-order valence-electron chi connectivity index (χ2n) is 8.74. The molecule has 2 heterocycles. The first kappa shape index (κ1) is 26.8. The van der Waals surface area contributed by atoms with E-state index in [0.717, 1.165) is 65.6 Å². The largest absolute Gasteiger partial charge is 0.473 e. The third-order valence-corrected chi connectivity index (χ3v) is 6.23. The maximum atomic E-state index is 10.5. The van der Waals surface area contributed by atoms with E-state index in [0.29, 0.717) is 0 Å². The van der Waals surface area contributed by atoms with Crippen molar-refractivity contribution < 1.29 is 29.6 Å². The summed E-state index contributed by atoms with van der Waals surface area (Å²) in [4.78, 5) is 25.5. The lowest BCUT2D eigenvalue weighted by Gasteiger charge is -2.40. The lowest BCUT2D eigenvalue weighted by molar-refractivity contribution is -0.159. The normalized spacial score (nSPS) is 18.5. The van der Waals surface area contributed by atoms with Crippen molar-refractivity contribution in [3.63, 3.8) is 0 Å². The van der Waals surface area contributed by atoms with Crippen LogP contribution in [0.25, 0.3) is 0 Å². The number of β-amino-alcohol motifs (C(OH)–C–C–N with tert-alkyl or cyclic N) is 1. The van der Waals surface area contributed by atoms with Crippen LogP contribution >= 0.6 is 0 Å². The first-order valence-electron chi connectivity index (χ1n) is 11.9. The molecule has 2 aromatic rings. The number of hydrogen-bond donors (Lipinski definition) is 3. The van der Waals surface area contributed by atoms with Gasteiger partial charge in [-0.25, -0.2) is 9.59 Å². The van der Waals surface area contributed by atoms with Crippen LogP contribution < -0.4 is 0 Å². The lowest BCUT2D eigenvalue weighted by Crippen LogP contribution is -2.51. The van der Waals surface area contributed by atoms with E-state index in [1.165, 1.54) is 11.1 Å². The van der Waals surface area contributed by atoms with E-state index in [9.17, 15) is 5.11 Å². The Balaban J connectivity index is 0.000000509. The molecule has 2 aliphatic heterocycles. The van der Waals surface area contributed by atoms with Gasteiger partial charge in [-0.15, -0.1) is 0 Å². The minimum Gasteiger partial charge on any atom is -0.473 e. The van der Waals surface area contributed by atoms with Gasteiger partial charge in [-0.1, -0.05) is 60.7 Å². The van der Waals surface area contributed by atoms with E-state index < -0.39 is 11.9 Å². The number of piperazine rings is 1. The molecule has 2 aliphatic rings. The van der Waals surface area contributed by atoms with Crippen molar-refractivity contribution >= 4 is 11.9 Å². The number of aliphatic hydroxyl groups excluding tert-OH is 1. The lowest BCUT2D eigenvalue weighted by atomic mass is 9.96. The Morgan fingerprint density at radius 3 is 1.57 bits per heavy atom. The van der Waals surface area contributed by atoms with Crippen LogP contribution in [-0.4, -0.2) is 114 Å². The van der Waals surface area contributed by atoms with Crippen LogP contribution in [0.15, 0.2) is 60.7 Å². The molecule has 3 N–H and O–H groups in total. The molecule has 9 heteroatoms. The summed E-state index contributed by atoms with van der Waals surface area (Å²) in [6.45, 7) is 8.95. The van der Waals surface area contributed by atoms with Crippen LogP contribution in [-0.2, 0) is 14.3 Å². The molecule has 0 aliphatic carbocycles. The molecule has 2 aromatic carbocycles. The van der Waals surface area contributed by atoms with Crippen LogP contribution in [0.5, 0.6) is 0 Å². The van der Waals surface area contributed by atoms with Gasteiger partial charge in [0.25, 0.3) is 0 Å². The summed E-state index contributed by atoms with van der Waals surface area (Å²) in [7, 11) is 0. The summed E-state index contributed by atoms with van der Waals surface area (Å²) in [5.41, 5.74) is 2.69. The first-order valence-corrected chi connectivity index (χ1v) is 11.9. The topological polar surface area (TPSA) is 114 Å². The van der Waals surface area contributed by atoms with Gasteiger partial charge in [0.05, 0.1) is 25.4 Å². The quantitative estimate of drug-likeness (QED) is 0.499. The van der Waals surface area contributed by atoms with Gasteiger partial charge in [-0.2, -0.15) is 0 Å². The van der Waals surface area contributed by atoms with Crippen molar-refractivity contribution in [2.45, 2.75) is 12.1 Å². The number of benzene rings is 2. The molecule has 4 rings (SSSR count). The van der Waals surface area contributed by atoms with E-state index in [-0.39, 0.29) is 12.1 Å². The molecule has 35 heavy (non-hydrogen) atoms. The van der Waals surface area contributed by atoms with E-state index >= 15 is 0 Å². The summed E-state index contributed by atoms with van der Waals surface area (Å²) in [5, 5.41) is 25.3. The molecular formula is C26H35N3O6. The van der Waals surface area contributed by atoms with Gasteiger partial charge in [0, 0.05) is 52.4 Å². The minimum absolute atomic E-state index is 0.290. The molecule has 0 amide bonds. The fourth-order valence-corrected chi connectivity index (χ4v) is 4.53. The van der Waals surface area contributed by atoms with Crippen molar-refractivity contribution in [2.24, 2.45) is 0 Å². The highest BCUT2D eigenvalue weighted by Gasteiger charge is 2.27. The molecule has 2 saturated heterocycles. The number of rotatable bonds is 7. The Bertz CT molecular complexity index is 848. The third kappa shape index (κ3) is 8.72. The maximum absolute atomic E-state index is 10.5. The number of morpholine rings is 1. The van der Waals surface area contributed by atoms with Crippen molar-refractivity contribution in [3.8, 4) is 0 Å². The Morgan fingerprint density at radius 2 is 1.14 bits per heavy atom. The fraction of sp³-hybridized carbons (Fsp3) is 0.462. The van der Waals surface area contributed by atoms with Crippen molar-refractivity contribution in [2.75, 3.05) is 65.6 Å². The number of aliphatic carboxylic acids is 2. The molecule has 1 unspecified atom stereocenters. The smallest absolute Gasteiger partial charge is 0.414 e. The average Bonchev–Trinajstić information content (AvgIpc) is 2.87. The summed E-state index contributed by atoms with van der Waals surface area (Å²) in [6, 6.07) is 21.9. The Labute approximate surface area is 206 Å².